The molecule has 0 amide bonds. The maximum atomic E-state index is 10.6. The van der Waals surface area contributed by atoms with Crippen LogP contribution >= 0.6 is 15.9 Å². The molecule has 0 aliphatic carbocycles. The fourth-order valence-corrected chi connectivity index (χ4v) is 2.67. The van der Waals surface area contributed by atoms with Gasteiger partial charge in [-0.1, -0.05) is 0 Å². The minimum Gasteiger partial charge on any atom is -0.396 e. The number of halogens is 1. The van der Waals surface area contributed by atoms with Gasteiger partial charge in [-0.3, -0.25) is 10.1 Å². The number of aromatic nitrogens is 1. The molecule has 2 heterocycles. The molecule has 0 spiro atoms. The number of aliphatic hydroxyl groups excluding tert-OH is 1. The number of aliphatic hydroxyl groups is 1. The highest BCUT2D eigenvalue weighted by Crippen LogP contribution is 2.30. The predicted octanol–water partition coefficient (Wildman–Crippen LogP) is 1.96. The van der Waals surface area contributed by atoms with Gasteiger partial charge >= 0.3 is 0 Å². The van der Waals surface area contributed by atoms with Crippen LogP contribution in [-0.2, 0) is 0 Å². The summed E-state index contributed by atoms with van der Waals surface area (Å²) in [5.74, 6) is 1.09. The van der Waals surface area contributed by atoms with Crippen LogP contribution in [0.5, 0.6) is 0 Å². The Labute approximate surface area is 113 Å². The molecule has 2 rings (SSSR count). The molecule has 1 aliphatic rings. The molecule has 18 heavy (non-hydrogen) atoms. The van der Waals surface area contributed by atoms with E-state index in [-0.39, 0.29) is 12.3 Å². The van der Waals surface area contributed by atoms with E-state index in [2.05, 4.69) is 25.8 Å². The smallest absolute Gasteiger partial charge is 0.288 e. The predicted molar refractivity (Wildman–Crippen MR) is 70.6 cm³/mol. The number of anilines is 1. The third-order valence-electron chi connectivity index (χ3n) is 3.19. The Morgan fingerprint density at radius 2 is 2.22 bits per heavy atom. The highest BCUT2D eigenvalue weighted by molar-refractivity contribution is 9.10. The first kappa shape index (κ1) is 13.2. The molecule has 6 nitrogen and oxygen atoms in total. The van der Waals surface area contributed by atoms with Gasteiger partial charge in [-0.2, -0.15) is 0 Å². The van der Waals surface area contributed by atoms with Crippen molar-refractivity contribution >= 4 is 27.4 Å². The lowest BCUT2D eigenvalue weighted by Crippen LogP contribution is -2.35. The third-order valence-corrected chi connectivity index (χ3v) is 3.77. The quantitative estimate of drug-likeness (QED) is 0.681. The number of pyridine rings is 1. The maximum absolute atomic E-state index is 10.6. The van der Waals surface area contributed by atoms with Crippen molar-refractivity contribution in [3.05, 3.63) is 26.9 Å². The van der Waals surface area contributed by atoms with Crippen molar-refractivity contribution in [1.29, 1.82) is 0 Å². The maximum Gasteiger partial charge on any atom is 0.288 e. The van der Waals surface area contributed by atoms with Crippen molar-refractivity contribution in [1.82, 2.24) is 4.98 Å². The molecule has 1 aliphatic heterocycles. The number of piperidine rings is 1. The Bertz CT molecular complexity index is 447. The molecule has 1 N–H and O–H groups in total. The second kappa shape index (κ2) is 5.62. The Kier molecular flexibility index (Phi) is 4.13. The highest BCUT2D eigenvalue weighted by Gasteiger charge is 2.22. The molecule has 1 saturated heterocycles. The van der Waals surface area contributed by atoms with Gasteiger partial charge in [0, 0.05) is 25.8 Å². The van der Waals surface area contributed by atoms with E-state index in [4.69, 9.17) is 5.11 Å². The van der Waals surface area contributed by atoms with Crippen LogP contribution in [0, 0.1) is 16.0 Å². The Balaban J connectivity index is 2.12. The summed E-state index contributed by atoms with van der Waals surface area (Å²) in [6.45, 7) is 1.85. The van der Waals surface area contributed by atoms with Crippen molar-refractivity contribution in [3.63, 3.8) is 0 Å². The average molecular weight is 316 g/mol. The minimum absolute atomic E-state index is 0.0177. The van der Waals surface area contributed by atoms with Crippen LogP contribution in [0.4, 0.5) is 11.5 Å². The molecule has 0 bridgehead atoms. The molecule has 0 atom stereocenters. The van der Waals surface area contributed by atoms with Crippen molar-refractivity contribution in [3.8, 4) is 0 Å². The molecule has 98 valence electrons. The molecular formula is C11H14BrN3O3. The topological polar surface area (TPSA) is 79.5 Å². The normalized spacial score (nSPS) is 16.9. The molecule has 0 unspecified atom stereocenters. The van der Waals surface area contributed by atoms with Crippen molar-refractivity contribution in [2.24, 2.45) is 5.92 Å². The molecule has 0 saturated carbocycles. The van der Waals surface area contributed by atoms with Gasteiger partial charge in [0.1, 0.15) is 12.0 Å². The number of hydrogen-bond donors (Lipinski definition) is 1. The van der Waals surface area contributed by atoms with Gasteiger partial charge in [0.2, 0.25) is 0 Å². The van der Waals surface area contributed by atoms with Crippen LogP contribution in [0.1, 0.15) is 12.8 Å². The summed E-state index contributed by atoms with van der Waals surface area (Å²) in [6, 6.07) is 1.47. The van der Waals surface area contributed by atoms with Crippen molar-refractivity contribution in [2.75, 3.05) is 24.6 Å². The number of nitrogens with zero attached hydrogens (tertiary/aromatic N) is 3. The minimum atomic E-state index is -0.459. The van der Waals surface area contributed by atoms with E-state index in [0.717, 1.165) is 31.7 Å². The monoisotopic (exact) mass is 315 g/mol. The summed E-state index contributed by atoms with van der Waals surface area (Å²) in [5.41, 5.74) is -0.0177. The molecule has 1 aromatic rings. The summed E-state index contributed by atoms with van der Waals surface area (Å²) in [6.07, 6.45) is 3.11. The van der Waals surface area contributed by atoms with Crippen LogP contribution < -0.4 is 4.90 Å². The summed E-state index contributed by atoms with van der Waals surface area (Å²) in [5, 5.41) is 19.7. The van der Waals surface area contributed by atoms with Gasteiger partial charge in [-0.25, -0.2) is 4.98 Å². The van der Waals surface area contributed by atoms with Crippen LogP contribution in [0.3, 0.4) is 0 Å². The standard InChI is InChI=1S/C11H14BrN3O3/c12-10-5-9(15(17)18)6-13-11(10)14-3-1-8(7-16)2-4-14/h5-6,8,16H,1-4,7H2. The van der Waals surface area contributed by atoms with Gasteiger partial charge in [0.15, 0.2) is 0 Å². The number of nitro groups is 1. The Morgan fingerprint density at radius 3 is 2.72 bits per heavy atom. The van der Waals surface area contributed by atoms with Crippen LogP contribution in [0.15, 0.2) is 16.7 Å². The largest absolute Gasteiger partial charge is 0.396 e. The van der Waals surface area contributed by atoms with E-state index in [9.17, 15) is 10.1 Å². The molecule has 1 aromatic heterocycles. The fourth-order valence-electron chi connectivity index (χ4n) is 2.08. The van der Waals surface area contributed by atoms with Gasteiger partial charge in [-0.15, -0.1) is 0 Å². The number of hydrogen-bond acceptors (Lipinski definition) is 5. The molecule has 0 radical (unpaired) electrons. The van der Waals surface area contributed by atoms with Gasteiger partial charge in [0.05, 0.1) is 9.40 Å². The zero-order chi connectivity index (χ0) is 13.1. The first-order valence-electron chi connectivity index (χ1n) is 5.77. The lowest BCUT2D eigenvalue weighted by Gasteiger charge is -2.32. The van der Waals surface area contributed by atoms with Crippen LogP contribution in [0.2, 0.25) is 0 Å². The first-order valence-corrected chi connectivity index (χ1v) is 6.57. The molecule has 0 aromatic carbocycles. The summed E-state index contributed by atoms with van der Waals surface area (Å²) < 4.78 is 0.638. The zero-order valence-corrected chi connectivity index (χ0v) is 11.3. The Morgan fingerprint density at radius 1 is 1.56 bits per heavy atom. The van der Waals surface area contributed by atoms with Gasteiger partial charge < -0.3 is 10.0 Å². The average Bonchev–Trinajstić information content (AvgIpc) is 2.38. The molecular weight excluding hydrogens is 302 g/mol. The Hall–Kier alpha value is -1.21. The van der Waals surface area contributed by atoms with Gasteiger partial charge in [0.25, 0.3) is 5.69 Å². The second-order valence-corrected chi connectivity index (χ2v) is 5.22. The third kappa shape index (κ3) is 2.78. The van der Waals surface area contributed by atoms with Crippen molar-refractivity contribution in [2.45, 2.75) is 12.8 Å². The van der Waals surface area contributed by atoms with E-state index in [1.54, 1.807) is 0 Å². The van der Waals surface area contributed by atoms with E-state index < -0.39 is 4.92 Å². The number of rotatable bonds is 3. The molecule has 7 heteroatoms. The lowest BCUT2D eigenvalue weighted by molar-refractivity contribution is -0.385. The van der Waals surface area contributed by atoms with Crippen LogP contribution in [0.25, 0.3) is 0 Å². The summed E-state index contributed by atoms with van der Waals surface area (Å²) in [4.78, 5) is 16.4. The molecule has 1 fully saturated rings. The van der Waals surface area contributed by atoms with Crippen molar-refractivity contribution < 1.29 is 10.0 Å². The lowest BCUT2D eigenvalue weighted by atomic mass is 9.98. The van der Waals surface area contributed by atoms with Crippen LogP contribution in [-0.4, -0.2) is 34.7 Å². The highest BCUT2D eigenvalue weighted by atomic mass is 79.9. The fraction of sp³-hybridized carbons (Fsp3) is 0.545. The first-order chi connectivity index (χ1) is 8.61. The zero-order valence-electron chi connectivity index (χ0n) is 9.75. The second-order valence-electron chi connectivity index (χ2n) is 4.37. The van der Waals surface area contributed by atoms with E-state index in [1.165, 1.54) is 12.3 Å². The van der Waals surface area contributed by atoms with E-state index in [0.29, 0.717) is 10.4 Å². The van der Waals surface area contributed by atoms with Gasteiger partial charge in [-0.05, 0) is 34.7 Å². The summed E-state index contributed by atoms with van der Waals surface area (Å²) in [7, 11) is 0. The SMILES string of the molecule is O=[N+]([O-])c1cnc(N2CCC(CO)CC2)c(Br)c1. The van der Waals surface area contributed by atoms with E-state index in [1.807, 2.05) is 0 Å². The van der Waals surface area contributed by atoms with E-state index >= 15 is 0 Å². The summed E-state index contributed by atoms with van der Waals surface area (Å²) >= 11 is 3.33.